The number of carbonyl (C=O) groups excluding carboxylic acids is 1. The monoisotopic (exact) mass is 325 g/mol. The van der Waals surface area contributed by atoms with E-state index in [1.165, 1.54) is 11.3 Å². The minimum atomic E-state index is -3.07. The molecule has 0 bridgehead atoms. The van der Waals surface area contributed by atoms with E-state index >= 15 is 0 Å². The molecular formula is C9H12BrNO3S2. The Morgan fingerprint density at radius 2 is 2.19 bits per heavy atom. The van der Waals surface area contributed by atoms with Crippen LogP contribution in [-0.4, -0.2) is 32.3 Å². The Kier molecular flexibility index (Phi) is 4.66. The molecule has 0 saturated heterocycles. The topological polar surface area (TPSA) is 77.2 Å². The summed E-state index contributed by atoms with van der Waals surface area (Å²) >= 11 is 4.64. The van der Waals surface area contributed by atoms with Crippen LogP contribution in [0.25, 0.3) is 0 Å². The van der Waals surface area contributed by atoms with Crippen molar-refractivity contribution in [3.05, 3.63) is 20.8 Å². The van der Waals surface area contributed by atoms with Crippen LogP contribution in [0.5, 0.6) is 0 Å². The third-order valence-electron chi connectivity index (χ3n) is 2.02. The lowest BCUT2D eigenvalue weighted by atomic mass is 10.1. The average molecular weight is 326 g/mol. The molecule has 0 spiro atoms. The highest BCUT2D eigenvalue weighted by atomic mass is 79.9. The number of rotatable bonds is 5. The van der Waals surface area contributed by atoms with E-state index in [-0.39, 0.29) is 18.0 Å². The van der Waals surface area contributed by atoms with E-state index in [1.807, 2.05) is 0 Å². The van der Waals surface area contributed by atoms with Gasteiger partial charge in [-0.2, -0.15) is 11.3 Å². The highest BCUT2D eigenvalue weighted by Gasteiger charge is 2.20. The molecular weight excluding hydrogens is 314 g/mol. The molecule has 0 aliphatic rings. The van der Waals surface area contributed by atoms with Crippen LogP contribution in [0.4, 0.5) is 0 Å². The van der Waals surface area contributed by atoms with Crippen molar-refractivity contribution in [3.63, 3.8) is 0 Å². The molecule has 4 nitrogen and oxygen atoms in total. The zero-order valence-corrected chi connectivity index (χ0v) is 11.9. The van der Waals surface area contributed by atoms with Gasteiger partial charge in [-0.25, -0.2) is 8.42 Å². The first-order valence-electron chi connectivity index (χ1n) is 4.50. The number of sulfone groups is 1. The largest absolute Gasteiger partial charge is 0.321 e. The fraction of sp³-hybridized carbons (Fsp3) is 0.444. The minimum Gasteiger partial charge on any atom is -0.321 e. The number of carbonyl (C=O) groups is 1. The van der Waals surface area contributed by atoms with Gasteiger partial charge in [0.05, 0.1) is 11.8 Å². The lowest BCUT2D eigenvalue weighted by Gasteiger charge is -2.08. The van der Waals surface area contributed by atoms with Crippen molar-refractivity contribution in [2.75, 3.05) is 12.0 Å². The zero-order chi connectivity index (χ0) is 12.3. The summed E-state index contributed by atoms with van der Waals surface area (Å²) in [4.78, 5) is 11.8. The maximum absolute atomic E-state index is 11.8. The number of hydrogen-bond donors (Lipinski definition) is 1. The summed E-state index contributed by atoms with van der Waals surface area (Å²) in [6.07, 6.45) is 1.28. The average Bonchev–Trinajstić information content (AvgIpc) is 2.58. The summed E-state index contributed by atoms with van der Waals surface area (Å²) in [6, 6.07) is -0.763. The highest BCUT2D eigenvalue weighted by molar-refractivity contribution is 9.10. The number of nitrogens with two attached hydrogens (primary N) is 1. The molecule has 0 aromatic carbocycles. The van der Waals surface area contributed by atoms with Crippen LogP contribution in [0.2, 0.25) is 0 Å². The van der Waals surface area contributed by atoms with Gasteiger partial charge in [-0.05, 0) is 22.4 Å². The fourth-order valence-corrected chi connectivity index (χ4v) is 3.29. The molecule has 0 aliphatic carbocycles. The Morgan fingerprint density at radius 1 is 1.56 bits per heavy atom. The van der Waals surface area contributed by atoms with Crippen LogP contribution in [0.15, 0.2) is 15.2 Å². The zero-order valence-electron chi connectivity index (χ0n) is 8.64. The number of hydrogen-bond acceptors (Lipinski definition) is 5. The summed E-state index contributed by atoms with van der Waals surface area (Å²) < 4.78 is 22.6. The van der Waals surface area contributed by atoms with Gasteiger partial charge in [0.1, 0.15) is 9.84 Å². The van der Waals surface area contributed by atoms with Crippen LogP contribution in [0.3, 0.4) is 0 Å². The van der Waals surface area contributed by atoms with Gasteiger partial charge < -0.3 is 5.73 Å². The lowest BCUT2D eigenvalue weighted by molar-refractivity contribution is 0.0959. The molecule has 0 amide bonds. The van der Waals surface area contributed by atoms with Crippen molar-refractivity contribution in [3.8, 4) is 0 Å². The summed E-state index contributed by atoms with van der Waals surface area (Å²) in [5, 5.41) is 3.49. The molecule has 1 heterocycles. The van der Waals surface area contributed by atoms with Crippen molar-refractivity contribution < 1.29 is 13.2 Å². The molecule has 0 saturated carbocycles. The first-order valence-corrected chi connectivity index (χ1v) is 8.30. The van der Waals surface area contributed by atoms with Crippen LogP contribution in [0, 0.1) is 0 Å². The van der Waals surface area contributed by atoms with Crippen molar-refractivity contribution >= 4 is 42.9 Å². The molecule has 7 heteroatoms. The van der Waals surface area contributed by atoms with E-state index < -0.39 is 15.9 Å². The molecule has 0 aliphatic heterocycles. The quantitative estimate of drug-likeness (QED) is 0.831. The summed E-state index contributed by atoms with van der Waals surface area (Å²) in [7, 11) is -3.07. The van der Waals surface area contributed by atoms with Gasteiger partial charge in [0.2, 0.25) is 0 Å². The molecule has 0 radical (unpaired) electrons. The molecule has 0 fully saturated rings. The van der Waals surface area contributed by atoms with Crippen LogP contribution < -0.4 is 5.73 Å². The van der Waals surface area contributed by atoms with Gasteiger partial charge in [-0.3, -0.25) is 4.79 Å². The van der Waals surface area contributed by atoms with E-state index in [2.05, 4.69) is 15.9 Å². The number of thiophene rings is 1. The Hall–Kier alpha value is -0.240. The second-order valence-corrected chi connectivity index (χ2v) is 7.38. The molecule has 1 aromatic rings. The minimum absolute atomic E-state index is 0.0678. The summed E-state index contributed by atoms with van der Waals surface area (Å²) in [5.74, 6) is -0.293. The molecule has 1 unspecified atom stereocenters. The molecule has 90 valence electrons. The Morgan fingerprint density at radius 3 is 2.62 bits per heavy atom. The van der Waals surface area contributed by atoms with Gasteiger partial charge in [0, 0.05) is 27.1 Å². The van der Waals surface area contributed by atoms with Crippen LogP contribution in [0.1, 0.15) is 16.8 Å². The maximum Gasteiger partial charge on any atom is 0.181 e. The smallest absolute Gasteiger partial charge is 0.181 e. The normalized spacial score (nSPS) is 13.7. The highest BCUT2D eigenvalue weighted by Crippen LogP contribution is 2.22. The molecule has 2 N–H and O–H groups in total. The van der Waals surface area contributed by atoms with E-state index in [9.17, 15) is 13.2 Å². The Balaban J connectivity index is 2.66. The third-order valence-corrected chi connectivity index (χ3v) is 4.70. The van der Waals surface area contributed by atoms with Crippen LogP contribution >= 0.6 is 27.3 Å². The van der Waals surface area contributed by atoms with Gasteiger partial charge in [0.15, 0.2) is 5.78 Å². The first kappa shape index (κ1) is 13.8. The number of halogens is 1. The van der Waals surface area contributed by atoms with E-state index in [0.29, 0.717) is 10.0 Å². The lowest BCUT2D eigenvalue weighted by Crippen LogP contribution is -2.32. The second-order valence-electron chi connectivity index (χ2n) is 3.52. The molecule has 1 aromatic heterocycles. The van der Waals surface area contributed by atoms with Crippen molar-refractivity contribution in [1.29, 1.82) is 0 Å². The van der Waals surface area contributed by atoms with Gasteiger partial charge in [-0.1, -0.05) is 0 Å². The standard InChI is InChI=1S/C9H12BrNO3S2/c1-16(13,14)3-2-8(11)9(12)6-4-15-5-7(6)10/h4-5,8H,2-3,11H2,1H3. The van der Waals surface area contributed by atoms with Crippen molar-refractivity contribution in [1.82, 2.24) is 0 Å². The summed E-state index contributed by atoms with van der Waals surface area (Å²) in [6.45, 7) is 0. The molecule has 1 atom stereocenters. The second kappa shape index (κ2) is 5.39. The molecule has 1 rings (SSSR count). The third kappa shape index (κ3) is 3.97. The van der Waals surface area contributed by atoms with Gasteiger partial charge in [0.25, 0.3) is 0 Å². The van der Waals surface area contributed by atoms with E-state index in [4.69, 9.17) is 5.73 Å². The SMILES string of the molecule is CS(=O)(=O)CCC(N)C(=O)c1cscc1Br. The Labute approximate surface area is 107 Å². The predicted molar refractivity (Wildman–Crippen MR) is 68.7 cm³/mol. The van der Waals surface area contributed by atoms with Crippen molar-refractivity contribution in [2.45, 2.75) is 12.5 Å². The fourth-order valence-electron chi connectivity index (χ4n) is 1.13. The Bertz CT molecular complexity index is 481. The predicted octanol–water partition coefficient (Wildman–Crippen LogP) is 1.46. The molecule has 16 heavy (non-hydrogen) atoms. The van der Waals surface area contributed by atoms with E-state index in [0.717, 1.165) is 6.26 Å². The van der Waals surface area contributed by atoms with Crippen LogP contribution in [-0.2, 0) is 9.84 Å². The summed E-state index contributed by atoms with van der Waals surface area (Å²) in [5.41, 5.74) is 6.17. The van der Waals surface area contributed by atoms with Gasteiger partial charge >= 0.3 is 0 Å². The maximum atomic E-state index is 11.8. The van der Waals surface area contributed by atoms with Gasteiger partial charge in [-0.15, -0.1) is 0 Å². The van der Waals surface area contributed by atoms with Crippen molar-refractivity contribution in [2.24, 2.45) is 5.73 Å². The number of ketones is 1. The number of Topliss-reactive ketones (excluding diaryl/α,β-unsaturated/α-hetero) is 1. The first-order chi connectivity index (χ1) is 7.31. The van der Waals surface area contributed by atoms with E-state index in [1.54, 1.807) is 10.8 Å².